The number of hydrogen-bond acceptors (Lipinski definition) is 5. The summed E-state index contributed by atoms with van der Waals surface area (Å²) in [4.78, 5) is 3.81. The van der Waals surface area contributed by atoms with Gasteiger partial charge in [0.2, 0.25) is 10.0 Å². The van der Waals surface area contributed by atoms with Crippen molar-refractivity contribution in [2.24, 2.45) is 0 Å². The van der Waals surface area contributed by atoms with Gasteiger partial charge in [-0.15, -0.1) is 0 Å². The maximum atomic E-state index is 12.2. The average molecular weight is 288 g/mol. The van der Waals surface area contributed by atoms with Crippen molar-refractivity contribution in [2.45, 2.75) is 11.4 Å². The van der Waals surface area contributed by atoms with Gasteiger partial charge in [-0.3, -0.25) is 4.98 Å². The van der Waals surface area contributed by atoms with E-state index in [0.717, 1.165) is 5.56 Å². The van der Waals surface area contributed by atoms with Crippen LogP contribution in [0.4, 0.5) is 5.69 Å². The summed E-state index contributed by atoms with van der Waals surface area (Å²) in [6.45, 7) is 0.103. The van der Waals surface area contributed by atoms with Gasteiger partial charge in [0.15, 0.2) is 0 Å². The summed E-state index contributed by atoms with van der Waals surface area (Å²) in [5, 5.41) is 8.98. The number of pyridine rings is 1. The molecule has 0 saturated carbocycles. The maximum Gasteiger partial charge on any atom is 0.242 e. The molecule has 3 N–H and O–H groups in total. The van der Waals surface area contributed by atoms with Crippen LogP contribution >= 0.6 is 0 Å². The van der Waals surface area contributed by atoms with E-state index in [1.807, 2.05) is 6.07 Å². The third-order valence-corrected chi connectivity index (χ3v) is 4.06. The van der Waals surface area contributed by atoms with Crippen LogP contribution in [0.1, 0.15) is 11.1 Å². The number of nitrogens with one attached hydrogen (secondary N) is 1. The van der Waals surface area contributed by atoms with Crippen LogP contribution in [-0.2, 0) is 16.6 Å². The monoisotopic (exact) mass is 288 g/mol. The molecule has 0 amide bonds. The number of hydrogen-bond donors (Lipinski definition) is 2. The van der Waals surface area contributed by atoms with Crippen LogP contribution in [0.15, 0.2) is 47.6 Å². The van der Waals surface area contributed by atoms with Gasteiger partial charge in [-0.25, -0.2) is 13.1 Å². The summed E-state index contributed by atoms with van der Waals surface area (Å²) >= 11 is 0. The third kappa shape index (κ3) is 3.12. The Morgan fingerprint density at radius 3 is 2.80 bits per heavy atom. The molecule has 1 aromatic carbocycles. The van der Waals surface area contributed by atoms with Crippen LogP contribution in [-0.4, -0.2) is 13.4 Å². The molecule has 20 heavy (non-hydrogen) atoms. The lowest BCUT2D eigenvalue weighted by Crippen LogP contribution is -2.24. The van der Waals surface area contributed by atoms with Gasteiger partial charge in [0, 0.05) is 24.6 Å². The van der Waals surface area contributed by atoms with E-state index in [1.165, 1.54) is 18.2 Å². The molecule has 0 saturated heterocycles. The largest absolute Gasteiger partial charge is 0.399 e. The molecule has 0 fully saturated rings. The van der Waals surface area contributed by atoms with E-state index >= 15 is 0 Å². The number of nitriles is 1. The topological polar surface area (TPSA) is 109 Å². The smallest absolute Gasteiger partial charge is 0.242 e. The van der Waals surface area contributed by atoms with E-state index in [2.05, 4.69) is 9.71 Å². The number of anilines is 1. The molecule has 0 atom stereocenters. The number of nitrogens with zero attached hydrogens (tertiary/aromatic N) is 2. The first kappa shape index (κ1) is 14.0. The van der Waals surface area contributed by atoms with Crippen LogP contribution in [0.3, 0.4) is 0 Å². The Balaban J connectivity index is 2.25. The van der Waals surface area contributed by atoms with Crippen molar-refractivity contribution in [3.8, 4) is 6.07 Å². The lowest BCUT2D eigenvalue weighted by molar-refractivity contribution is 0.581. The molecule has 2 rings (SSSR count). The van der Waals surface area contributed by atoms with Crippen LogP contribution < -0.4 is 10.5 Å². The van der Waals surface area contributed by atoms with Gasteiger partial charge in [0.25, 0.3) is 0 Å². The normalized spacial score (nSPS) is 10.9. The van der Waals surface area contributed by atoms with Crippen molar-refractivity contribution in [3.63, 3.8) is 0 Å². The van der Waals surface area contributed by atoms with E-state index in [1.54, 1.807) is 24.5 Å². The number of aromatic nitrogens is 1. The second-order valence-corrected chi connectivity index (χ2v) is 5.79. The molecule has 0 aliphatic rings. The number of benzene rings is 1. The molecule has 102 valence electrons. The highest BCUT2D eigenvalue weighted by Crippen LogP contribution is 2.18. The Morgan fingerprint density at radius 2 is 2.15 bits per heavy atom. The second kappa shape index (κ2) is 5.69. The lowest BCUT2D eigenvalue weighted by Gasteiger charge is -2.08. The molecule has 1 aromatic heterocycles. The summed E-state index contributed by atoms with van der Waals surface area (Å²) in [6.07, 6.45) is 3.17. The van der Waals surface area contributed by atoms with E-state index in [9.17, 15) is 8.42 Å². The molecule has 0 bridgehead atoms. The van der Waals surface area contributed by atoms with Crippen LogP contribution in [0.5, 0.6) is 0 Å². The van der Waals surface area contributed by atoms with E-state index in [0.29, 0.717) is 5.69 Å². The first-order chi connectivity index (χ1) is 9.53. The minimum Gasteiger partial charge on any atom is -0.399 e. The number of nitrogen functional groups attached to an aromatic ring is 1. The zero-order valence-corrected chi connectivity index (χ0v) is 11.3. The molecule has 0 unspecified atom stereocenters. The van der Waals surface area contributed by atoms with E-state index in [4.69, 9.17) is 11.0 Å². The highest BCUT2D eigenvalue weighted by molar-refractivity contribution is 7.89. The fourth-order valence-corrected chi connectivity index (χ4v) is 2.78. The lowest BCUT2D eigenvalue weighted by atomic mass is 10.2. The Morgan fingerprint density at radius 1 is 1.35 bits per heavy atom. The van der Waals surface area contributed by atoms with Gasteiger partial charge < -0.3 is 5.73 Å². The molecule has 7 heteroatoms. The van der Waals surface area contributed by atoms with Crippen molar-refractivity contribution in [1.29, 1.82) is 5.26 Å². The molecular weight excluding hydrogens is 276 g/mol. The fraction of sp³-hybridized carbons (Fsp3) is 0.0769. The standard InChI is InChI=1S/C13H12N4O2S/c14-7-11-6-12(15)3-4-13(11)20(18,19)17-9-10-2-1-5-16-8-10/h1-6,8,17H,9,15H2. The number of sulfonamides is 1. The SMILES string of the molecule is N#Cc1cc(N)ccc1S(=O)(=O)NCc1cccnc1. The summed E-state index contributed by atoms with van der Waals surface area (Å²) in [6, 6.07) is 9.39. The minimum absolute atomic E-state index is 0.0173. The number of nitrogens with two attached hydrogens (primary N) is 1. The average Bonchev–Trinajstić information content (AvgIpc) is 2.46. The Labute approximate surface area is 116 Å². The Hall–Kier alpha value is -2.43. The van der Waals surface area contributed by atoms with Gasteiger partial charge in [0.1, 0.15) is 6.07 Å². The summed E-state index contributed by atoms with van der Waals surface area (Å²) in [7, 11) is -3.77. The van der Waals surface area contributed by atoms with Crippen molar-refractivity contribution in [1.82, 2.24) is 9.71 Å². The first-order valence-corrected chi connectivity index (χ1v) is 7.19. The number of rotatable bonds is 4. The summed E-state index contributed by atoms with van der Waals surface area (Å²) < 4.78 is 26.8. The second-order valence-electron chi connectivity index (χ2n) is 4.05. The van der Waals surface area contributed by atoms with Gasteiger partial charge in [-0.2, -0.15) is 5.26 Å². The third-order valence-electron chi connectivity index (χ3n) is 2.60. The maximum absolute atomic E-state index is 12.2. The zero-order chi connectivity index (χ0) is 14.6. The van der Waals surface area contributed by atoms with Crippen molar-refractivity contribution >= 4 is 15.7 Å². The first-order valence-electron chi connectivity index (χ1n) is 5.71. The molecular formula is C13H12N4O2S. The molecule has 6 nitrogen and oxygen atoms in total. The van der Waals surface area contributed by atoms with Gasteiger partial charge in [-0.1, -0.05) is 6.07 Å². The molecule has 0 spiro atoms. The minimum atomic E-state index is -3.77. The Kier molecular flexibility index (Phi) is 3.98. The molecule has 0 aliphatic heterocycles. The van der Waals surface area contributed by atoms with E-state index < -0.39 is 10.0 Å². The quantitative estimate of drug-likeness (QED) is 0.816. The highest BCUT2D eigenvalue weighted by atomic mass is 32.2. The van der Waals surface area contributed by atoms with Crippen molar-refractivity contribution in [3.05, 3.63) is 53.9 Å². The van der Waals surface area contributed by atoms with Crippen LogP contribution in [0, 0.1) is 11.3 Å². The fourth-order valence-electron chi connectivity index (χ4n) is 1.63. The van der Waals surface area contributed by atoms with Gasteiger partial charge in [-0.05, 0) is 29.8 Å². The van der Waals surface area contributed by atoms with Gasteiger partial charge >= 0.3 is 0 Å². The summed E-state index contributed by atoms with van der Waals surface area (Å²) in [5.41, 5.74) is 6.62. The van der Waals surface area contributed by atoms with E-state index in [-0.39, 0.29) is 17.0 Å². The van der Waals surface area contributed by atoms with Crippen molar-refractivity contribution < 1.29 is 8.42 Å². The molecule has 0 radical (unpaired) electrons. The zero-order valence-electron chi connectivity index (χ0n) is 10.4. The van der Waals surface area contributed by atoms with Crippen molar-refractivity contribution in [2.75, 3.05) is 5.73 Å². The predicted molar refractivity (Wildman–Crippen MR) is 73.8 cm³/mol. The predicted octanol–water partition coefficient (Wildman–Crippen LogP) is 1.01. The molecule has 1 heterocycles. The van der Waals surface area contributed by atoms with Crippen LogP contribution in [0.25, 0.3) is 0 Å². The summed E-state index contributed by atoms with van der Waals surface area (Å²) in [5.74, 6) is 0. The highest BCUT2D eigenvalue weighted by Gasteiger charge is 2.18. The molecule has 2 aromatic rings. The Bertz CT molecular complexity index is 752. The molecule has 0 aliphatic carbocycles. The van der Waals surface area contributed by atoms with Crippen LogP contribution in [0.2, 0.25) is 0 Å². The van der Waals surface area contributed by atoms with Gasteiger partial charge in [0.05, 0.1) is 10.5 Å².